The fraction of sp³-hybridized carbons (Fsp3) is 0.188. The van der Waals surface area contributed by atoms with Crippen LogP contribution in [0.25, 0.3) is 5.69 Å². The number of halogens is 1. The number of thiazole rings is 1. The number of anilines is 1. The largest absolute Gasteiger partial charge is 0.296 e. The van der Waals surface area contributed by atoms with Crippen molar-refractivity contribution in [3.63, 3.8) is 0 Å². The van der Waals surface area contributed by atoms with Crippen LogP contribution in [0.3, 0.4) is 0 Å². The number of hydrogen-bond donors (Lipinski definition) is 1. The molecule has 2 aromatic heterocycles. The maximum Gasteiger partial charge on any atom is 0.279 e. The van der Waals surface area contributed by atoms with E-state index in [1.54, 1.807) is 38.1 Å². The van der Waals surface area contributed by atoms with Gasteiger partial charge in [0, 0.05) is 11.9 Å². The van der Waals surface area contributed by atoms with Crippen LogP contribution >= 0.6 is 22.9 Å². The Bertz CT molecular complexity index is 979. The normalized spacial score (nSPS) is 10.7. The van der Waals surface area contributed by atoms with Gasteiger partial charge < -0.3 is 0 Å². The Morgan fingerprint density at radius 1 is 1.20 bits per heavy atom. The number of nitrogens with zero attached hydrogens (tertiary/aromatic N) is 4. The zero-order valence-electron chi connectivity index (χ0n) is 13.7. The molecule has 128 valence electrons. The Kier molecular flexibility index (Phi) is 4.65. The van der Waals surface area contributed by atoms with Gasteiger partial charge in [-0.3, -0.25) is 14.9 Å². The maximum absolute atomic E-state index is 12.5. The van der Waals surface area contributed by atoms with E-state index < -0.39 is 5.91 Å². The minimum Gasteiger partial charge on any atom is -0.296 e. The van der Waals surface area contributed by atoms with Crippen molar-refractivity contribution in [1.82, 2.24) is 20.0 Å². The highest BCUT2D eigenvalue weighted by Gasteiger charge is 2.19. The Hall–Kier alpha value is -2.58. The van der Waals surface area contributed by atoms with E-state index in [0.29, 0.717) is 32.1 Å². The van der Waals surface area contributed by atoms with Gasteiger partial charge in [-0.1, -0.05) is 29.0 Å². The third-order valence-electron chi connectivity index (χ3n) is 3.37. The number of benzene rings is 1. The molecule has 0 saturated heterocycles. The van der Waals surface area contributed by atoms with E-state index >= 15 is 0 Å². The van der Waals surface area contributed by atoms with E-state index in [0.717, 1.165) is 11.3 Å². The van der Waals surface area contributed by atoms with Crippen molar-refractivity contribution < 1.29 is 9.59 Å². The molecular formula is C16H14ClN5O2S. The fourth-order valence-electron chi connectivity index (χ4n) is 2.24. The van der Waals surface area contributed by atoms with Crippen LogP contribution in [-0.2, 0) is 0 Å². The molecule has 0 aliphatic carbocycles. The number of nitrogens with one attached hydrogen (secondary N) is 1. The minimum absolute atomic E-state index is 0.0846. The monoisotopic (exact) mass is 375 g/mol. The summed E-state index contributed by atoms with van der Waals surface area (Å²) in [4.78, 5) is 30.0. The van der Waals surface area contributed by atoms with Crippen LogP contribution in [0.2, 0.25) is 5.02 Å². The van der Waals surface area contributed by atoms with Crippen LogP contribution < -0.4 is 5.32 Å². The van der Waals surface area contributed by atoms with Crippen molar-refractivity contribution in [3.05, 3.63) is 51.2 Å². The minimum atomic E-state index is -0.436. The summed E-state index contributed by atoms with van der Waals surface area (Å²) in [5.41, 5.74) is 1.89. The highest BCUT2D eigenvalue weighted by molar-refractivity contribution is 7.17. The first-order chi connectivity index (χ1) is 11.8. The summed E-state index contributed by atoms with van der Waals surface area (Å²) < 4.78 is 0. The number of carbonyl (C=O) groups excluding carboxylic acids is 2. The van der Waals surface area contributed by atoms with Crippen molar-refractivity contribution in [2.24, 2.45) is 0 Å². The number of amides is 1. The maximum atomic E-state index is 12.5. The summed E-state index contributed by atoms with van der Waals surface area (Å²) in [7, 11) is 0. The molecule has 3 rings (SSSR count). The fourth-order valence-corrected chi connectivity index (χ4v) is 3.28. The van der Waals surface area contributed by atoms with Crippen molar-refractivity contribution in [2.45, 2.75) is 20.8 Å². The summed E-state index contributed by atoms with van der Waals surface area (Å²) in [6.07, 6.45) is 0. The van der Waals surface area contributed by atoms with Crippen molar-refractivity contribution in [2.75, 3.05) is 5.32 Å². The molecule has 2 heterocycles. The average Bonchev–Trinajstić information content (AvgIpc) is 3.10. The molecule has 1 N–H and O–H groups in total. The Morgan fingerprint density at radius 3 is 2.60 bits per heavy atom. The Labute approximate surface area is 152 Å². The molecule has 7 nitrogen and oxygen atoms in total. The second-order valence-electron chi connectivity index (χ2n) is 5.35. The van der Waals surface area contributed by atoms with Gasteiger partial charge in [0.1, 0.15) is 0 Å². The SMILES string of the molecule is CC(=O)c1sc(NC(=O)c2nn(-c3cccc(Cl)c3)nc2C)nc1C. The Morgan fingerprint density at radius 2 is 1.96 bits per heavy atom. The lowest BCUT2D eigenvalue weighted by atomic mass is 10.3. The second-order valence-corrected chi connectivity index (χ2v) is 6.78. The van der Waals surface area contributed by atoms with Crippen LogP contribution in [0.4, 0.5) is 5.13 Å². The Balaban J connectivity index is 1.86. The number of aromatic nitrogens is 4. The molecule has 0 aliphatic heterocycles. The molecule has 0 radical (unpaired) electrons. The molecule has 9 heteroatoms. The van der Waals surface area contributed by atoms with E-state index in [-0.39, 0.29) is 11.5 Å². The second kappa shape index (κ2) is 6.73. The first-order valence-corrected chi connectivity index (χ1v) is 8.54. The number of rotatable bonds is 4. The number of carbonyl (C=O) groups is 2. The molecule has 0 spiro atoms. The first-order valence-electron chi connectivity index (χ1n) is 7.34. The van der Waals surface area contributed by atoms with E-state index in [1.165, 1.54) is 11.7 Å². The smallest absolute Gasteiger partial charge is 0.279 e. The van der Waals surface area contributed by atoms with E-state index in [2.05, 4.69) is 20.5 Å². The molecular weight excluding hydrogens is 362 g/mol. The van der Waals surface area contributed by atoms with Gasteiger partial charge in [-0.2, -0.15) is 9.90 Å². The molecule has 0 aliphatic rings. The highest BCUT2D eigenvalue weighted by Crippen LogP contribution is 2.23. The topological polar surface area (TPSA) is 89.8 Å². The van der Waals surface area contributed by atoms with Crippen molar-refractivity contribution in [3.8, 4) is 5.69 Å². The van der Waals surface area contributed by atoms with E-state index in [1.807, 2.05) is 0 Å². The number of Topliss-reactive ketones (excluding diaryl/α,β-unsaturated/α-hetero) is 1. The molecule has 0 bridgehead atoms. The predicted octanol–water partition coefficient (Wildman–Crippen LogP) is 3.45. The molecule has 25 heavy (non-hydrogen) atoms. The molecule has 1 aromatic carbocycles. The van der Waals surface area contributed by atoms with Crippen LogP contribution in [0, 0.1) is 13.8 Å². The summed E-state index contributed by atoms with van der Waals surface area (Å²) in [6.45, 7) is 4.88. The summed E-state index contributed by atoms with van der Waals surface area (Å²) >= 11 is 7.11. The standard InChI is InChI=1S/C16H14ClN5O2S/c1-8-13(21-22(20-8)12-6-4-5-11(17)7-12)15(24)19-16-18-9(2)14(25-16)10(3)23/h4-7H,1-3H3,(H,18,19,24). The molecule has 0 atom stereocenters. The third-order valence-corrected chi connectivity index (χ3v) is 4.78. The summed E-state index contributed by atoms with van der Waals surface area (Å²) in [6, 6.07) is 7.01. The van der Waals surface area contributed by atoms with Gasteiger partial charge in [0.05, 0.1) is 22.0 Å². The van der Waals surface area contributed by atoms with Gasteiger partial charge in [-0.05, 0) is 32.0 Å². The number of hydrogen-bond acceptors (Lipinski definition) is 6. The number of aryl methyl sites for hydroxylation is 2. The molecule has 0 fully saturated rings. The first kappa shape index (κ1) is 17.2. The predicted molar refractivity (Wildman–Crippen MR) is 95.9 cm³/mol. The van der Waals surface area contributed by atoms with E-state index in [4.69, 9.17) is 11.6 Å². The molecule has 0 saturated carbocycles. The van der Waals surface area contributed by atoms with E-state index in [9.17, 15) is 9.59 Å². The quantitative estimate of drug-likeness (QED) is 0.705. The molecule has 3 aromatic rings. The zero-order valence-corrected chi connectivity index (χ0v) is 15.3. The van der Waals surface area contributed by atoms with Gasteiger partial charge in [0.25, 0.3) is 5.91 Å². The lowest BCUT2D eigenvalue weighted by molar-refractivity contribution is 0.101. The van der Waals surface area contributed by atoms with Gasteiger partial charge in [-0.25, -0.2) is 4.98 Å². The lowest BCUT2D eigenvalue weighted by Crippen LogP contribution is -2.14. The van der Waals surface area contributed by atoms with Crippen LogP contribution in [0.5, 0.6) is 0 Å². The van der Waals surface area contributed by atoms with Crippen LogP contribution in [-0.4, -0.2) is 31.7 Å². The number of ketones is 1. The van der Waals surface area contributed by atoms with Crippen molar-refractivity contribution >= 4 is 39.8 Å². The zero-order chi connectivity index (χ0) is 18.1. The van der Waals surface area contributed by atoms with Crippen LogP contribution in [0.15, 0.2) is 24.3 Å². The van der Waals surface area contributed by atoms with Gasteiger partial charge >= 0.3 is 0 Å². The summed E-state index contributed by atoms with van der Waals surface area (Å²) in [5, 5.41) is 12.0. The van der Waals surface area contributed by atoms with Crippen molar-refractivity contribution in [1.29, 1.82) is 0 Å². The van der Waals surface area contributed by atoms with Crippen LogP contribution in [0.1, 0.15) is 38.5 Å². The van der Waals surface area contributed by atoms with Gasteiger partial charge in [0.2, 0.25) is 0 Å². The lowest BCUT2D eigenvalue weighted by Gasteiger charge is -1.99. The molecule has 1 amide bonds. The third kappa shape index (κ3) is 3.59. The molecule has 0 unspecified atom stereocenters. The van der Waals surface area contributed by atoms with Gasteiger partial charge in [-0.15, -0.1) is 5.10 Å². The summed E-state index contributed by atoms with van der Waals surface area (Å²) in [5.74, 6) is -0.520. The van der Waals surface area contributed by atoms with Gasteiger partial charge in [0.15, 0.2) is 16.6 Å². The highest BCUT2D eigenvalue weighted by atomic mass is 35.5. The average molecular weight is 376 g/mol.